The van der Waals surface area contributed by atoms with Crippen molar-refractivity contribution in [3.8, 4) is 0 Å². The maximum absolute atomic E-state index is 13.4. The van der Waals surface area contributed by atoms with Crippen LogP contribution < -0.4 is 15.8 Å². The van der Waals surface area contributed by atoms with Gasteiger partial charge < -0.3 is 10.2 Å². The topological polar surface area (TPSA) is 84.5 Å². The number of fused-ring (bicyclic) bond motifs is 3. The minimum atomic E-state index is -0.445. The van der Waals surface area contributed by atoms with Crippen molar-refractivity contribution in [2.75, 3.05) is 24.3 Å². The molecule has 0 saturated heterocycles. The Morgan fingerprint density at radius 1 is 0.972 bits per heavy atom. The van der Waals surface area contributed by atoms with Crippen LogP contribution in [0.3, 0.4) is 0 Å². The van der Waals surface area contributed by atoms with Crippen molar-refractivity contribution in [1.29, 1.82) is 0 Å². The number of aromatic nitrogens is 4. The number of thioether (sulfide) groups is 1. The van der Waals surface area contributed by atoms with Gasteiger partial charge in [-0.1, -0.05) is 54.2 Å². The average Bonchev–Trinajstić information content (AvgIpc) is 3.31. The number of carbonyl (C=O) groups excluding carboxylic acids is 1. The number of benzene rings is 3. The van der Waals surface area contributed by atoms with Crippen LogP contribution in [-0.4, -0.2) is 44.4 Å². The van der Waals surface area contributed by atoms with Crippen molar-refractivity contribution in [3.63, 3.8) is 0 Å². The molecule has 0 saturated carbocycles. The molecule has 36 heavy (non-hydrogen) atoms. The van der Waals surface area contributed by atoms with E-state index < -0.39 is 5.25 Å². The molecule has 3 aromatic carbocycles. The minimum Gasteiger partial charge on any atom is -0.378 e. The molecule has 9 heteroatoms. The van der Waals surface area contributed by atoms with E-state index in [1.807, 2.05) is 103 Å². The van der Waals surface area contributed by atoms with Gasteiger partial charge in [-0.25, -0.2) is 0 Å². The van der Waals surface area contributed by atoms with Crippen molar-refractivity contribution >= 4 is 45.7 Å². The van der Waals surface area contributed by atoms with Gasteiger partial charge in [0.1, 0.15) is 0 Å². The van der Waals surface area contributed by atoms with E-state index in [2.05, 4.69) is 15.5 Å². The van der Waals surface area contributed by atoms with Gasteiger partial charge in [-0.15, -0.1) is 10.2 Å². The van der Waals surface area contributed by atoms with Crippen LogP contribution in [0, 0.1) is 0 Å². The highest BCUT2D eigenvalue weighted by Gasteiger charge is 2.22. The SMILES string of the molecule is CC(Sc1nnc2n(Cc3ccccc3)c(=O)c3ccccc3n12)C(=O)Nc1ccc(N(C)C)cc1. The third-order valence-corrected chi connectivity index (χ3v) is 7.01. The summed E-state index contributed by atoms with van der Waals surface area (Å²) in [6.07, 6.45) is 0. The van der Waals surface area contributed by atoms with E-state index in [-0.39, 0.29) is 11.5 Å². The van der Waals surface area contributed by atoms with Crippen LogP contribution in [-0.2, 0) is 11.3 Å². The summed E-state index contributed by atoms with van der Waals surface area (Å²) < 4.78 is 3.49. The second-order valence-electron chi connectivity index (χ2n) is 8.70. The first-order chi connectivity index (χ1) is 17.4. The van der Waals surface area contributed by atoms with E-state index in [4.69, 9.17) is 0 Å². The lowest BCUT2D eigenvalue weighted by atomic mass is 10.2. The summed E-state index contributed by atoms with van der Waals surface area (Å²) >= 11 is 1.30. The fourth-order valence-electron chi connectivity index (χ4n) is 4.02. The highest BCUT2D eigenvalue weighted by molar-refractivity contribution is 8.00. The van der Waals surface area contributed by atoms with E-state index in [1.54, 1.807) is 10.6 Å². The molecule has 0 spiro atoms. The van der Waals surface area contributed by atoms with Crippen LogP contribution in [0.4, 0.5) is 11.4 Å². The summed E-state index contributed by atoms with van der Waals surface area (Å²) in [6, 6.07) is 24.9. The van der Waals surface area contributed by atoms with Crippen LogP contribution in [0.5, 0.6) is 0 Å². The number of hydrogen-bond acceptors (Lipinski definition) is 6. The predicted molar refractivity (Wildman–Crippen MR) is 145 cm³/mol. The highest BCUT2D eigenvalue weighted by Crippen LogP contribution is 2.26. The first kappa shape index (κ1) is 23.6. The summed E-state index contributed by atoms with van der Waals surface area (Å²) in [5, 5.41) is 12.4. The molecule has 0 bridgehead atoms. The monoisotopic (exact) mass is 498 g/mol. The second-order valence-corrected chi connectivity index (χ2v) is 10.0. The fourth-order valence-corrected chi connectivity index (χ4v) is 4.87. The Kier molecular flexibility index (Phi) is 6.47. The van der Waals surface area contributed by atoms with Gasteiger partial charge in [-0.3, -0.25) is 18.6 Å². The molecule has 0 radical (unpaired) electrons. The molecule has 2 aromatic heterocycles. The van der Waals surface area contributed by atoms with Crippen LogP contribution in [0.1, 0.15) is 12.5 Å². The van der Waals surface area contributed by atoms with Crippen molar-refractivity contribution in [3.05, 3.63) is 94.8 Å². The molecule has 0 fully saturated rings. The summed E-state index contributed by atoms with van der Waals surface area (Å²) in [5.41, 5.74) is 3.35. The van der Waals surface area contributed by atoms with Gasteiger partial charge in [0.05, 0.1) is 22.7 Å². The summed E-state index contributed by atoms with van der Waals surface area (Å²) in [5.74, 6) is 0.299. The van der Waals surface area contributed by atoms with Crippen molar-refractivity contribution in [1.82, 2.24) is 19.2 Å². The molecule has 1 unspecified atom stereocenters. The van der Waals surface area contributed by atoms with Crippen molar-refractivity contribution in [2.45, 2.75) is 23.9 Å². The van der Waals surface area contributed by atoms with E-state index in [0.29, 0.717) is 28.4 Å². The quantitative estimate of drug-likeness (QED) is 0.337. The Bertz CT molecular complexity index is 1590. The van der Waals surface area contributed by atoms with Gasteiger partial charge in [0, 0.05) is 25.5 Å². The Balaban J connectivity index is 1.47. The summed E-state index contributed by atoms with van der Waals surface area (Å²) in [4.78, 5) is 28.3. The lowest BCUT2D eigenvalue weighted by Crippen LogP contribution is -2.24. The zero-order valence-electron chi connectivity index (χ0n) is 20.3. The van der Waals surface area contributed by atoms with E-state index in [9.17, 15) is 9.59 Å². The lowest BCUT2D eigenvalue weighted by molar-refractivity contribution is -0.115. The summed E-state index contributed by atoms with van der Waals surface area (Å²) in [7, 11) is 3.94. The van der Waals surface area contributed by atoms with Gasteiger partial charge in [-0.05, 0) is 48.9 Å². The lowest BCUT2D eigenvalue weighted by Gasteiger charge is -2.15. The van der Waals surface area contributed by atoms with Crippen LogP contribution in [0.15, 0.2) is 88.8 Å². The van der Waals surface area contributed by atoms with Crippen LogP contribution in [0.2, 0.25) is 0 Å². The molecular formula is C27H26N6O2S. The number of carbonyl (C=O) groups is 1. The normalized spacial score (nSPS) is 12.1. The second kappa shape index (κ2) is 9.87. The third kappa shape index (κ3) is 4.57. The minimum absolute atomic E-state index is 0.127. The van der Waals surface area contributed by atoms with E-state index >= 15 is 0 Å². The smallest absolute Gasteiger partial charge is 0.263 e. The zero-order valence-corrected chi connectivity index (χ0v) is 21.1. The van der Waals surface area contributed by atoms with Crippen molar-refractivity contribution < 1.29 is 4.79 Å². The van der Waals surface area contributed by atoms with Gasteiger partial charge >= 0.3 is 0 Å². The number of amides is 1. The Hall–Kier alpha value is -4.11. The standard InChI is InChI=1S/C27H26N6O2S/c1-18(24(34)28-20-13-15-21(16-14-20)31(2)3)36-27-30-29-26-32(17-19-9-5-4-6-10-19)25(35)22-11-7-8-12-23(22)33(26)27/h4-16,18H,17H2,1-3H3,(H,28,34). The average molecular weight is 499 g/mol. The molecule has 2 heterocycles. The number of nitrogens with zero attached hydrogens (tertiary/aromatic N) is 5. The number of hydrogen-bond donors (Lipinski definition) is 1. The Labute approximate surface area is 212 Å². The molecule has 0 aliphatic rings. The van der Waals surface area contributed by atoms with Crippen LogP contribution >= 0.6 is 11.8 Å². The largest absolute Gasteiger partial charge is 0.378 e. The number of para-hydroxylation sites is 1. The van der Waals surface area contributed by atoms with Crippen LogP contribution in [0.25, 0.3) is 16.7 Å². The van der Waals surface area contributed by atoms with Gasteiger partial charge in [0.25, 0.3) is 5.56 Å². The number of anilines is 2. The molecule has 0 aliphatic heterocycles. The van der Waals surface area contributed by atoms with Gasteiger partial charge in [0.2, 0.25) is 11.7 Å². The molecule has 1 amide bonds. The molecule has 182 valence electrons. The zero-order chi connectivity index (χ0) is 25.2. The van der Waals surface area contributed by atoms with E-state index in [1.165, 1.54) is 11.8 Å². The van der Waals surface area contributed by atoms with Gasteiger partial charge in [0.15, 0.2) is 5.16 Å². The molecule has 8 nitrogen and oxygen atoms in total. The van der Waals surface area contributed by atoms with Crippen molar-refractivity contribution in [2.24, 2.45) is 0 Å². The highest BCUT2D eigenvalue weighted by atomic mass is 32.2. The van der Waals surface area contributed by atoms with Gasteiger partial charge in [-0.2, -0.15) is 0 Å². The first-order valence-electron chi connectivity index (χ1n) is 11.6. The van der Waals surface area contributed by atoms with E-state index in [0.717, 1.165) is 16.9 Å². The summed E-state index contributed by atoms with van der Waals surface area (Å²) in [6.45, 7) is 2.20. The molecule has 5 rings (SSSR count). The predicted octanol–water partition coefficient (Wildman–Crippen LogP) is 4.28. The fraction of sp³-hybridized carbons (Fsp3) is 0.185. The Morgan fingerprint density at radius 2 is 1.67 bits per heavy atom. The molecule has 1 atom stereocenters. The third-order valence-electron chi connectivity index (χ3n) is 5.96. The molecule has 5 aromatic rings. The Morgan fingerprint density at radius 3 is 2.39 bits per heavy atom. The maximum Gasteiger partial charge on any atom is 0.263 e. The maximum atomic E-state index is 13.4. The molecular weight excluding hydrogens is 472 g/mol. The number of nitrogens with one attached hydrogen (secondary N) is 1. The molecule has 0 aliphatic carbocycles. The molecule has 1 N–H and O–H groups in total. The first-order valence-corrected chi connectivity index (χ1v) is 12.5. The number of rotatable bonds is 7.